The van der Waals surface area contributed by atoms with Gasteiger partial charge in [0.2, 0.25) is 0 Å². The summed E-state index contributed by atoms with van der Waals surface area (Å²) in [5.41, 5.74) is 3.34. The highest BCUT2D eigenvalue weighted by molar-refractivity contribution is 6.02. The number of ketones is 2. The van der Waals surface area contributed by atoms with Crippen LogP contribution in [-0.4, -0.2) is 16.6 Å². The van der Waals surface area contributed by atoms with Crippen LogP contribution in [0.1, 0.15) is 64.4 Å². The van der Waals surface area contributed by atoms with Gasteiger partial charge < -0.3 is 0 Å². The zero-order valence-electron chi connectivity index (χ0n) is 16.9. The molecule has 4 aliphatic carbocycles. The molecule has 0 amide bonds. The Morgan fingerprint density at radius 2 is 1.82 bits per heavy atom. The van der Waals surface area contributed by atoms with Gasteiger partial charge in [0.05, 0.1) is 0 Å². The smallest absolute Gasteiger partial charge is 0.162 e. The van der Waals surface area contributed by atoms with Crippen LogP contribution < -0.4 is 0 Å². The molecule has 3 nitrogen and oxygen atoms in total. The van der Waals surface area contributed by atoms with E-state index in [0.717, 1.165) is 49.7 Å². The summed E-state index contributed by atoms with van der Waals surface area (Å²) in [6.07, 6.45) is 14.4. The first kappa shape index (κ1) is 18.0. The molecule has 0 radical (unpaired) electrons. The van der Waals surface area contributed by atoms with E-state index in [4.69, 9.17) is 0 Å². The number of allylic oxidation sites excluding steroid dienone is 3. The first-order valence-electron chi connectivity index (χ1n) is 10.8. The van der Waals surface area contributed by atoms with Gasteiger partial charge in [0.25, 0.3) is 0 Å². The topological polar surface area (TPSA) is 47.0 Å². The zero-order chi connectivity index (χ0) is 19.5. The van der Waals surface area contributed by atoms with Crippen LogP contribution in [0.3, 0.4) is 0 Å². The zero-order valence-corrected chi connectivity index (χ0v) is 16.9. The van der Waals surface area contributed by atoms with Crippen molar-refractivity contribution in [1.29, 1.82) is 0 Å². The second-order valence-electron chi connectivity index (χ2n) is 9.90. The molecule has 0 saturated heterocycles. The lowest BCUT2D eigenvalue weighted by Gasteiger charge is -2.56. The average Bonchev–Trinajstić information content (AvgIpc) is 2.99. The Bertz CT molecular complexity index is 898. The van der Waals surface area contributed by atoms with Crippen LogP contribution in [0.4, 0.5) is 0 Å². The van der Waals surface area contributed by atoms with Gasteiger partial charge in [0.1, 0.15) is 5.78 Å². The van der Waals surface area contributed by atoms with Gasteiger partial charge >= 0.3 is 0 Å². The Hall–Kier alpha value is -2.03. The lowest BCUT2D eigenvalue weighted by molar-refractivity contribution is -0.131. The lowest BCUT2D eigenvalue weighted by atomic mass is 9.47. The maximum atomic E-state index is 12.9. The van der Waals surface area contributed by atoms with Crippen LogP contribution in [0, 0.1) is 28.6 Å². The van der Waals surface area contributed by atoms with Crippen LogP contribution in [0.5, 0.6) is 0 Å². The van der Waals surface area contributed by atoms with Crippen molar-refractivity contribution in [3.63, 3.8) is 0 Å². The van der Waals surface area contributed by atoms with Crippen LogP contribution >= 0.6 is 0 Å². The number of aromatic nitrogens is 1. The molecule has 5 rings (SSSR count). The Labute approximate surface area is 167 Å². The van der Waals surface area contributed by atoms with E-state index in [9.17, 15) is 9.59 Å². The lowest BCUT2D eigenvalue weighted by Crippen LogP contribution is -2.50. The number of Topliss-reactive ketones (excluding diaryl/α,β-unsaturated/α-hetero) is 2. The van der Waals surface area contributed by atoms with Crippen molar-refractivity contribution in [2.75, 3.05) is 0 Å². The first-order chi connectivity index (χ1) is 13.4. The Balaban J connectivity index is 1.50. The summed E-state index contributed by atoms with van der Waals surface area (Å²) < 4.78 is 0. The summed E-state index contributed by atoms with van der Waals surface area (Å²) in [5.74, 6) is 2.47. The number of hydrogen-bond acceptors (Lipinski definition) is 3. The van der Waals surface area contributed by atoms with Crippen molar-refractivity contribution < 1.29 is 9.59 Å². The van der Waals surface area contributed by atoms with Gasteiger partial charge in [0.15, 0.2) is 5.78 Å². The van der Waals surface area contributed by atoms with Gasteiger partial charge in [0, 0.05) is 30.7 Å². The highest BCUT2D eigenvalue weighted by atomic mass is 16.1. The largest absolute Gasteiger partial charge is 0.299 e. The monoisotopic (exact) mass is 375 g/mol. The summed E-state index contributed by atoms with van der Waals surface area (Å²) in [6.45, 7) is 4.62. The minimum absolute atomic E-state index is 0.0582. The maximum absolute atomic E-state index is 12.9. The minimum Gasteiger partial charge on any atom is -0.299 e. The molecule has 28 heavy (non-hydrogen) atoms. The van der Waals surface area contributed by atoms with E-state index in [0.29, 0.717) is 30.0 Å². The van der Waals surface area contributed by atoms with E-state index in [2.05, 4.69) is 31.0 Å². The normalized spacial score (nSPS) is 41.3. The van der Waals surface area contributed by atoms with E-state index < -0.39 is 0 Å². The minimum atomic E-state index is -0.0942. The number of rotatable bonds is 1. The SMILES string of the molecule is CC12CCC3C(CC=C4CC(=O)C(=Cc5ccncc5)CC43C)C1CCC2=O. The van der Waals surface area contributed by atoms with Crippen LogP contribution in [0.25, 0.3) is 6.08 Å². The molecule has 1 aromatic rings. The highest BCUT2D eigenvalue weighted by Gasteiger charge is 2.58. The highest BCUT2D eigenvalue weighted by Crippen LogP contribution is 2.64. The molecule has 3 fully saturated rings. The van der Waals surface area contributed by atoms with E-state index in [1.54, 1.807) is 12.4 Å². The van der Waals surface area contributed by atoms with Crippen molar-refractivity contribution in [2.45, 2.75) is 58.8 Å². The number of hydrogen-bond donors (Lipinski definition) is 0. The van der Waals surface area contributed by atoms with Crippen molar-refractivity contribution in [3.8, 4) is 0 Å². The third-order valence-electron chi connectivity index (χ3n) is 8.65. The average molecular weight is 376 g/mol. The number of carbonyl (C=O) groups is 2. The van der Waals surface area contributed by atoms with Gasteiger partial charge in [-0.15, -0.1) is 0 Å². The molecule has 3 heteroatoms. The molecule has 1 aromatic heterocycles. The summed E-state index contributed by atoms with van der Waals surface area (Å²) in [5, 5.41) is 0. The van der Waals surface area contributed by atoms with Crippen molar-refractivity contribution in [3.05, 3.63) is 47.3 Å². The van der Waals surface area contributed by atoms with Gasteiger partial charge in [-0.3, -0.25) is 14.6 Å². The molecule has 0 aromatic carbocycles. The number of pyridine rings is 1. The summed E-state index contributed by atoms with van der Waals surface area (Å²) in [7, 11) is 0. The number of fused-ring (bicyclic) bond motifs is 5. The standard InChI is InChI=1S/C25H29NO2/c1-24-10-7-21-19(20(24)5-6-23(24)28)4-3-18-14-22(27)17(15-25(18,21)2)13-16-8-11-26-12-9-16/h3,8-9,11-13,19-21H,4-7,10,14-15H2,1-2H3. The van der Waals surface area contributed by atoms with Crippen LogP contribution in [0.15, 0.2) is 41.7 Å². The summed E-state index contributed by atoms with van der Waals surface area (Å²) >= 11 is 0. The maximum Gasteiger partial charge on any atom is 0.162 e. The summed E-state index contributed by atoms with van der Waals surface area (Å²) in [6, 6.07) is 3.93. The predicted molar refractivity (Wildman–Crippen MR) is 109 cm³/mol. The number of carbonyl (C=O) groups excluding carboxylic acids is 2. The first-order valence-corrected chi connectivity index (χ1v) is 10.8. The molecule has 146 valence electrons. The molecule has 0 bridgehead atoms. The molecule has 4 aliphatic rings. The Morgan fingerprint density at radius 3 is 2.61 bits per heavy atom. The third kappa shape index (κ3) is 2.51. The fraction of sp³-hybridized carbons (Fsp3) is 0.560. The fourth-order valence-corrected chi connectivity index (χ4v) is 7.02. The number of nitrogens with zero attached hydrogens (tertiary/aromatic N) is 1. The van der Waals surface area contributed by atoms with E-state index in [1.807, 2.05) is 12.1 Å². The second kappa shape index (κ2) is 6.23. The van der Waals surface area contributed by atoms with Crippen molar-refractivity contribution in [2.24, 2.45) is 28.6 Å². The quantitative estimate of drug-likeness (QED) is 0.502. The third-order valence-corrected chi connectivity index (χ3v) is 8.65. The Morgan fingerprint density at radius 1 is 1.07 bits per heavy atom. The van der Waals surface area contributed by atoms with E-state index in [-0.39, 0.29) is 16.6 Å². The van der Waals surface area contributed by atoms with Crippen molar-refractivity contribution >= 4 is 17.6 Å². The molecule has 3 saturated carbocycles. The predicted octanol–water partition coefficient (Wildman–Crippen LogP) is 5.18. The van der Waals surface area contributed by atoms with E-state index in [1.165, 1.54) is 5.57 Å². The molecule has 0 N–H and O–H groups in total. The molecular formula is C25H29NO2. The Kier molecular flexibility index (Phi) is 4.01. The van der Waals surface area contributed by atoms with Gasteiger partial charge in [-0.2, -0.15) is 0 Å². The molecule has 0 spiro atoms. The van der Waals surface area contributed by atoms with Crippen LogP contribution in [0.2, 0.25) is 0 Å². The summed E-state index contributed by atoms with van der Waals surface area (Å²) in [4.78, 5) is 29.5. The molecule has 5 unspecified atom stereocenters. The fourth-order valence-electron chi connectivity index (χ4n) is 7.02. The van der Waals surface area contributed by atoms with Crippen molar-refractivity contribution in [1.82, 2.24) is 4.98 Å². The van der Waals surface area contributed by atoms with Crippen LogP contribution in [-0.2, 0) is 9.59 Å². The second-order valence-corrected chi connectivity index (χ2v) is 9.90. The van der Waals surface area contributed by atoms with Gasteiger partial charge in [-0.25, -0.2) is 0 Å². The molecule has 0 aliphatic heterocycles. The molecular weight excluding hydrogens is 346 g/mol. The van der Waals surface area contributed by atoms with Gasteiger partial charge in [-0.1, -0.05) is 25.5 Å². The van der Waals surface area contributed by atoms with Gasteiger partial charge in [-0.05, 0) is 84.6 Å². The molecule has 5 atom stereocenters. The van der Waals surface area contributed by atoms with E-state index >= 15 is 0 Å². The molecule has 1 heterocycles.